The van der Waals surface area contributed by atoms with Crippen molar-refractivity contribution in [3.05, 3.63) is 59.4 Å². The SMILES string of the molecule is CC(Oc1cccc(Cl)c1)C(=O)N1CCNC(c2ccncc2)C1. The van der Waals surface area contributed by atoms with E-state index in [0.717, 1.165) is 12.1 Å². The third-order valence-corrected chi connectivity index (χ3v) is 4.29. The van der Waals surface area contributed by atoms with E-state index in [1.807, 2.05) is 17.0 Å². The van der Waals surface area contributed by atoms with Gasteiger partial charge in [0.15, 0.2) is 6.10 Å². The molecule has 126 valence electrons. The Labute approximate surface area is 146 Å². The fraction of sp³-hybridized carbons (Fsp3) is 0.333. The van der Waals surface area contributed by atoms with Crippen LogP contribution in [0.2, 0.25) is 5.02 Å². The first-order valence-corrected chi connectivity index (χ1v) is 8.35. The van der Waals surface area contributed by atoms with Gasteiger partial charge in [0.1, 0.15) is 5.75 Å². The number of hydrogen-bond acceptors (Lipinski definition) is 4. The second kappa shape index (κ2) is 7.64. The van der Waals surface area contributed by atoms with E-state index in [9.17, 15) is 4.79 Å². The van der Waals surface area contributed by atoms with Crippen LogP contribution in [-0.4, -0.2) is 41.5 Å². The van der Waals surface area contributed by atoms with Crippen LogP contribution in [0.4, 0.5) is 0 Å². The fourth-order valence-corrected chi connectivity index (χ4v) is 3.00. The predicted octanol–water partition coefficient (Wildman–Crippen LogP) is 2.68. The quantitative estimate of drug-likeness (QED) is 0.925. The summed E-state index contributed by atoms with van der Waals surface area (Å²) < 4.78 is 5.75. The number of pyridine rings is 1. The summed E-state index contributed by atoms with van der Waals surface area (Å²) in [6, 6.07) is 11.1. The van der Waals surface area contributed by atoms with Crippen molar-refractivity contribution in [1.82, 2.24) is 15.2 Å². The van der Waals surface area contributed by atoms with Crippen LogP contribution in [0.15, 0.2) is 48.8 Å². The van der Waals surface area contributed by atoms with Gasteiger partial charge in [-0.15, -0.1) is 0 Å². The molecule has 24 heavy (non-hydrogen) atoms. The van der Waals surface area contributed by atoms with Crippen molar-refractivity contribution >= 4 is 17.5 Å². The summed E-state index contributed by atoms with van der Waals surface area (Å²) in [4.78, 5) is 18.6. The average molecular weight is 346 g/mol. The first-order chi connectivity index (χ1) is 11.6. The van der Waals surface area contributed by atoms with Crippen molar-refractivity contribution in [2.75, 3.05) is 19.6 Å². The van der Waals surface area contributed by atoms with Gasteiger partial charge in [-0.3, -0.25) is 9.78 Å². The van der Waals surface area contributed by atoms with Crippen LogP contribution >= 0.6 is 11.6 Å². The van der Waals surface area contributed by atoms with Crippen LogP contribution in [-0.2, 0) is 4.79 Å². The average Bonchev–Trinajstić information content (AvgIpc) is 2.62. The Morgan fingerprint density at radius 3 is 2.92 bits per heavy atom. The smallest absolute Gasteiger partial charge is 0.263 e. The molecule has 1 amide bonds. The summed E-state index contributed by atoms with van der Waals surface area (Å²) in [5.41, 5.74) is 1.13. The highest BCUT2D eigenvalue weighted by Gasteiger charge is 2.28. The molecule has 1 saturated heterocycles. The highest BCUT2D eigenvalue weighted by molar-refractivity contribution is 6.30. The number of amides is 1. The van der Waals surface area contributed by atoms with Crippen LogP contribution in [0.1, 0.15) is 18.5 Å². The zero-order chi connectivity index (χ0) is 16.9. The van der Waals surface area contributed by atoms with Crippen molar-refractivity contribution in [3.63, 3.8) is 0 Å². The monoisotopic (exact) mass is 345 g/mol. The molecule has 0 aliphatic carbocycles. The van der Waals surface area contributed by atoms with Gasteiger partial charge in [0.2, 0.25) is 0 Å². The van der Waals surface area contributed by atoms with Crippen molar-refractivity contribution < 1.29 is 9.53 Å². The minimum atomic E-state index is -0.556. The summed E-state index contributed by atoms with van der Waals surface area (Å²) in [6.07, 6.45) is 2.98. The molecule has 1 aliphatic heterocycles. The molecule has 1 fully saturated rings. The molecule has 1 aliphatic rings. The molecule has 5 nitrogen and oxygen atoms in total. The van der Waals surface area contributed by atoms with E-state index in [4.69, 9.17) is 16.3 Å². The van der Waals surface area contributed by atoms with Crippen molar-refractivity contribution in [2.45, 2.75) is 19.1 Å². The molecule has 2 unspecified atom stereocenters. The lowest BCUT2D eigenvalue weighted by molar-refractivity contribution is -0.139. The van der Waals surface area contributed by atoms with Gasteiger partial charge >= 0.3 is 0 Å². The van der Waals surface area contributed by atoms with Gasteiger partial charge in [-0.2, -0.15) is 0 Å². The lowest BCUT2D eigenvalue weighted by Crippen LogP contribution is -2.51. The normalized spacial score (nSPS) is 18.9. The minimum absolute atomic E-state index is 0.0180. The first kappa shape index (κ1) is 16.7. The topological polar surface area (TPSA) is 54.5 Å². The molecule has 2 atom stereocenters. The predicted molar refractivity (Wildman–Crippen MR) is 93.1 cm³/mol. The number of nitrogens with zero attached hydrogens (tertiary/aromatic N) is 2. The number of ether oxygens (including phenoxy) is 1. The Hall–Kier alpha value is -2.11. The first-order valence-electron chi connectivity index (χ1n) is 7.98. The lowest BCUT2D eigenvalue weighted by atomic mass is 10.1. The minimum Gasteiger partial charge on any atom is -0.481 e. The van der Waals surface area contributed by atoms with E-state index >= 15 is 0 Å². The Balaban J connectivity index is 1.63. The highest BCUT2D eigenvalue weighted by Crippen LogP contribution is 2.20. The lowest BCUT2D eigenvalue weighted by Gasteiger charge is -2.35. The van der Waals surface area contributed by atoms with Crippen LogP contribution in [0, 0.1) is 0 Å². The van der Waals surface area contributed by atoms with Crippen LogP contribution in [0.25, 0.3) is 0 Å². The highest BCUT2D eigenvalue weighted by atomic mass is 35.5. The molecule has 0 saturated carbocycles. The number of carbonyl (C=O) groups excluding carboxylic acids is 1. The Bertz CT molecular complexity index is 696. The molecule has 6 heteroatoms. The van der Waals surface area contributed by atoms with Crippen LogP contribution in [0.3, 0.4) is 0 Å². The van der Waals surface area contributed by atoms with E-state index in [1.54, 1.807) is 43.6 Å². The second-order valence-electron chi connectivity index (χ2n) is 5.79. The maximum atomic E-state index is 12.7. The maximum Gasteiger partial charge on any atom is 0.263 e. The van der Waals surface area contributed by atoms with Crippen molar-refractivity contribution in [3.8, 4) is 5.75 Å². The van der Waals surface area contributed by atoms with E-state index in [0.29, 0.717) is 23.9 Å². The van der Waals surface area contributed by atoms with Gasteiger partial charge in [-0.25, -0.2) is 0 Å². The number of hydrogen-bond donors (Lipinski definition) is 1. The molecule has 2 heterocycles. The zero-order valence-electron chi connectivity index (χ0n) is 13.5. The third-order valence-electron chi connectivity index (χ3n) is 4.05. The summed E-state index contributed by atoms with van der Waals surface area (Å²) in [7, 11) is 0. The number of piperazine rings is 1. The second-order valence-corrected chi connectivity index (χ2v) is 6.23. The number of aromatic nitrogens is 1. The Kier molecular flexibility index (Phi) is 5.33. The molecule has 3 rings (SSSR count). The van der Waals surface area contributed by atoms with Gasteiger partial charge < -0.3 is 15.0 Å². The number of nitrogens with one attached hydrogen (secondary N) is 1. The molecule has 0 radical (unpaired) electrons. The largest absolute Gasteiger partial charge is 0.481 e. The van der Waals surface area contributed by atoms with E-state index in [2.05, 4.69) is 10.3 Å². The number of halogens is 1. The van der Waals surface area contributed by atoms with Crippen LogP contribution in [0.5, 0.6) is 5.75 Å². The van der Waals surface area contributed by atoms with Gasteiger partial charge in [0, 0.05) is 37.1 Å². The Morgan fingerprint density at radius 1 is 1.38 bits per heavy atom. The molecule has 0 spiro atoms. The van der Waals surface area contributed by atoms with Gasteiger partial charge in [-0.1, -0.05) is 17.7 Å². The summed E-state index contributed by atoms with van der Waals surface area (Å²) >= 11 is 5.95. The molecule has 1 aromatic carbocycles. The number of benzene rings is 1. The van der Waals surface area contributed by atoms with E-state index in [1.165, 1.54) is 0 Å². The number of rotatable bonds is 4. The molecule has 0 bridgehead atoms. The molecule has 2 aromatic rings. The fourth-order valence-electron chi connectivity index (χ4n) is 2.82. The zero-order valence-corrected chi connectivity index (χ0v) is 14.2. The molecular formula is C18H20ClN3O2. The molecular weight excluding hydrogens is 326 g/mol. The van der Waals surface area contributed by atoms with Gasteiger partial charge in [0.05, 0.1) is 6.04 Å². The van der Waals surface area contributed by atoms with Crippen molar-refractivity contribution in [1.29, 1.82) is 0 Å². The van der Waals surface area contributed by atoms with Crippen LogP contribution < -0.4 is 10.1 Å². The third kappa shape index (κ3) is 4.04. The summed E-state index contributed by atoms with van der Waals surface area (Å²) in [5, 5.41) is 4.03. The molecule has 1 aromatic heterocycles. The summed E-state index contributed by atoms with van der Waals surface area (Å²) in [5.74, 6) is 0.583. The standard InChI is InChI=1S/C18H20ClN3O2/c1-13(24-16-4-2-3-15(19)11-16)18(23)22-10-9-21-17(12-22)14-5-7-20-8-6-14/h2-8,11,13,17,21H,9-10,12H2,1H3. The summed E-state index contributed by atoms with van der Waals surface area (Å²) in [6.45, 7) is 3.81. The molecule has 1 N–H and O–H groups in total. The number of carbonyl (C=O) groups is 1. The van der Waals surface area contributed by atoms with E-state index < -0.39 is 6.10 Å². The van der Waals surface area contributed by atoms with Gasteiger partial charge in [0.25, 0.3) is 5.91 Å². The maximum absolute atomic E-state index is 12.7. The van der Waals surface area contributed by atoms with E-state index in [-0.39, 0.29) is 11.9 Å². The Morgan fingerprint density at radius 2 is 2.17 bits per heavy atom. The van der Waals surface area contributed by atoms with Crippen molar-refractivity contribution in [2.24, 2.45) is 0 Å². The van der Waals surface area contributed by atoms with Gasteiger partial charge in [-0.05, 0) is 42.8 Å².